The number of piperidine rings is 1. The molecule has 5 rings (SSSR count). The summed E-state index contributed by atoms with van der Waals surface area (Å²) in [4.78, 5) is 11.6. The van der Waals surface area contributed by atoms with Crippen LogP contribution in [0.2, 0.25) is 5.02 Å². The molecule has 0 unspecified atom stereocenters. The lowest BCUT2D eigenvalue weighted by atomic mass is 9.93. The van der Waals surface area contributed by atoms with E-state index in [0.29, 0.717) is 22.1 Å². The molecule has 1 saturated heterocycles. The lowest BCUT2D eigenvalue weighted by Crippen LogP contribution is -2.37. The number of benzene rings is 1. The number of hydrogen-bond donors (Lipinski definition) is 2. The van der Waals surface area contributed by atoms with E-state index >= 15 is 0 Å². The first-order valence-electron chi connectivity index (χ1n) is 8.63. The predicted molar refractivity (Wildman–Crippen MR) is 98.6 cm³/mol. The Morgan fingerprint density at radius 1 is 1.24 bits per heavy atom. The summed E-state index contributed by atoms with van der Waals surface area (Å²) >= 11 is 6.30. The second-order valence-corrected chi connectivity index (χ2v) is 7.55. The van der Waals surface area contributed by atoms with Gasteiger partial charge in [-0.2, -0.15) is 5.10 Å². The maximum Gasteiger partial charge on any atom is 0.202 e. The van der Waals surface area contributed by atoms with Crippen molar-refractivity contribution in [2.24, 2.45) is 11.1 Å². The lowest BCUT2D eigenvalue weighted by molar-refractivity contribution is 0.370. The Morgan fingerprint density at radius 2 is 2.00 bits per heavy atom. The van der Waals surface area contributed by atoms with Crippen LogP contribution in [0.15, 0.2) is 30.5 Å². The highest BCUT2D eigenvalue weighted by Gasteiger charge is 2.52. The van der Waals surface area contributed by atoms with E-state index < -0.39 is 0 Å². The van der Waals surface area contributed by atoms with Gasteiger partial charge in [-0.1, -0.05) is 29.8 Å². The minimum Gasteiger partial charge on any atom is -0.355 e. The molecule has 3 heterocycles. The molecule has 2 aromatic heterocycles. The molecule has 1 aliphatic carbocycles. The molecule has 1 saturated carbocycles. The summed E-state index contributed by atoms with van der Waals surface area (Å²) in [5.74, 6) is 0.883. The zero-order valence-corrected chi connectivity index (χ0v) is 14.5. The molecule has 2 aliphatic rings. The first kappa shape index (κ1) is 15.1. The maximum absolute atomic E-state index is 6.30. The molecule has 2 fully saturated rings. The average Bonchev–Trinajstić information content (AvgIpc) is 3.06. The Bertz CT molecular complexity index is 944. The van der Waals surface area contributed by atoms with E-state index in [-0.39, 0.29) is 0 Å². The van der Waals surface area contributed by atoms with Crippen molar-refractivity contribution in [3.8, 4) is 11.3 Å². The van der Waals surface area contributed by atoms with Crippen LogP contribution in [0.5, 0.6) is 0 Å². The third kappa shape index (κ3) is 2.40. The van der Waals surface area contributed by atoms with Crippen molar-refractivity contribution < 1.29 is 0 Å². The van der Waals surface area contributed by atoms with Gasteiger partial charge in [0.1, 0.15) is 11.3 Å². The Hall–Kier alpha value is -2.18. The van der Waals surface area contributed by atoms with E-state index in [4.69, 9.17) is 22.3 Å². The van der Waals surface area contributed by atoms with E-state index in [1.165, 1.54) is 6.42 Å². The first-order chi connectivity index (χ1) is 12.2. The van der Waals surface area contributed by atoms with Crippen LogP contribution in [0.4, 0.5) is 5.82 Å². The number of hydrogen-bond acceptors (Lipinski definition) is 5. The second kappa shape index (κ2) is 5.41. The summed E-state index contributed by atoms with van der Waals surface area (Å²) in [6, 6.07) is 8.06. The monoisotopic (exact) mass is 354 g/mol. The Morgan fingerprint density at radius 3 is 2.72 bits per heavy atom. The van der Waals surface area contributed by atoms with Crippen LogP contribution in [0, 0.1) is 5.41 Å². The van der Waals surface area contributed by atoms with Crippen molar-refractivity contribution >= 4 is 28.6 Å². The van der Waals surface area contributed by atoms with Crippen LogP contribution in [0.25, 0.3) is 22.4 Å². The van der Waals surface area contributed by atoms with Gasteiger partial charge in [-0.15, -0.1) is 0 Å². The van der Waals surface area contributed by atoms with Gasteiger partial charge in [-0.25, -0.2) is 9.97 Å². The van der Waals surface area contributed by atoms with Crippen molar-refractivity contribution in [2.75, 3.05) is 18.0 Å². The lowest BCUT2D eigenvalue weighted by Gasteiger charge is -2.33. The minimum atomic E-state index is 0.396. The molecule has 1 spiro atoms. The standard InChI is InChI=1S/C18H19ClN6/c19-12-4-2-1-3-11(12)15-16-17(24-23-15)22-14(10-21-16)25-7-5-18(6-8-25)9-13(18)20/h1-4,10,13H,5-9,20H2,(H,22,23,24)/t13-/m0/s1. The van der Waals surface area contributed by atoms with Gasteiger partial charge in [0.05, 0.1) is 16.9 Å². The quantitative estimate of drug-likeness (QED) is 0.739. The van der Waals surface area contributed by atoms with E-state index in [2.05, 4.69) is 20.1 Å². The average molecular weight is 355 g/mol. The van der Waals surface area contributed by atoms with Crippen LogP contribution in [0.3, 0.4) is 0 Å². The Kier molecular flexibility index (Phi) is 3.27. The number of halogens is 1. The van der Waals surface area contributed by atoms with Crippen molar-refractivity contribution in [1.82, 2.24) is 20.2 Å². The van der Waals surface area contributed by atoms with Gasteiger partial charge >= 0.3 is 0 Å². The third-order valence-electron chi connectivity index (χ3n) is 5.73. The number of anilines is 1. The summed E-state index contributed by atoms with van der Waals surface area (Å²) in [6.07, 6.45) is 5.29. The summed E-state index contributed by atoms with van der Waals surface area (Å²) in [6.45, 7) is 1.96. The number of rotatable bonds is 2. The van der Waals surface area contributed by atoms with Crippen LogP contribution in [-0.4, -0.2) is 39.3 Å². The zero-order valence-electron chi connectivity index (χ0n) is 13.7. The van der Waals surface area contributed by atoms with Crippen LogP contribution < -0.4 is 10.6 Å². The van der Waals surface area contributed by atoms with Gasteiger partial charge < -0.3 is 10.6 Å². The van der Waals surface area contributed by atoms with Gasteiger partial charge in [-0.3, -0.25) is 5.10 Å². The second-order valence-electron chi connectivity index (χ2n) is 7.14. The number of H-pyrrole nitrogens is 1. The predicted octanol–water partition coefficient (Wildman–Crippen LogP) is 2.99. The molecule has 1 atom stereocenters. The molecule has 25 heavy (non-hydrogen) atoms. The molecule has 6 nitrogen and oxygen atoms in total. The molecule has 3 N–H and O–H groups in total. The van der Waals surface area contributed by atoms with Crippen LogP contribution >= 0.6 is 11.6 Å². The van der Waals surface area contributed by atoms with E-state index in [0.717, 1.165) is 48.5 Å². The largest absolute Gasteiger partial charge is 0.355 e. The summed E-state index contributed by atoms with van der Waals surface area (Å²) in [7, 11) is 0. The maximum atomic E-state index is 6.30. The highest BCUT2D eigenvalue weighted by atomic mass is 35.5. The van der Waals surface area contributed by atoms with Crippen molar-refractivity contribution in [3.63, 3.8) is 0 Å². The summed E-state index contributed by atoms with van der Waals surface area (Å²) in [5, 5.41) is 8.04. The fourth-order valence-electron chi connectivity index (χ4n) is 3.93. The molecule has 128 valence electrons. The molecule has 1 aromatic carbocycles. The number of fused-ring (bicyclic) bond motifs is 1. The molecule has 0 amide bonds. The smallest absolute Gasteiger partial charge is 0.202 e. The number of nitrogens with zero attached hydrogens (tertiary/aromatic N) is 4. The van der Waals surface area contributed by atoms with Crippen molar-refractivity contribution in [2.45, 2.75) is 25.3 Å². The molecular weight excluding hydrogens is 336 g/mol. The third-order valence-corrected chi connectivity index (χ3v) is 6.06. The van der Waals surface area contributed by atoms with Crippen LogP contribution in [-0.2, 0) is 0 Å². The number of aromatic nitrogens is 4. The van der Waals surface area contributed by atoms with Crippen LogP contribution in [0.1, 0.15) is 19.3 Å². The number of nitrogens with two attached hydrogens (primary N) is 1. The SMILES string of the molecule is N[C@H]1CC12CCN(c1cnc3c(-c4ccccc4Cl)[nH]nc3n1)CC2. The molecule has 7 heteroatoms. The van der Waals surface area contributed by atoms with Crippen molar-refractivity contribution in [3.05, 3.63) is 35.5 Å². The molecule has 0 bridgehead atoms. The summed E-state index contributed by atoms with van der Waals surface area (Å²) in [5.41, 5.74) is 9.55. The minimum absolute atomic E-state index is 0.396. The molecule has 1 aliphatic heterocycles. The fourth-order valence-corrected chi connectivity index (χ4v) is 4.16. The molecular formula is C18H19ClN6. The van der Waals surface area contributed by atoms with Gasteiger partial charge in [0.15, 0.2) is 0 Å². The Labute approximate surface area is 150 Å². The zero-order chi connectivity index (χ0) is 17.0. The van der Waals surface area contributed by atoms with Gasteiger partial charge in [-0.05, 0) is 30.7 Å². The van der Waals surface area contributed by atoms with E-state index in [1.54, 1.807) is 0 Å². The topological polar surface area (TPSA) is 83.7 Å². The van der Waals surface area contributed by atoms with Gasteiger partial charge in [0, 0.05) is 24.7 Å². The van der Waals surface area contributed by atoms with Gasteiger partial charge in [0.25, 0.3) is 0 Å². The fraction of sp³-hybridized carbons (Fsp3) is 0.389. The highest BCUT2D eigenvalue weighted by molar-refractivity contribution is 6.33. The Balaban J connectivity index is 1.45. The van der Waals surface area contributed by atoms with E-state index in [9.17, 15) is 0 Å². The van der Waals surface area contributed by atoms with E-state index in [1.807, 2.05) is 30.5 Å². The van der Waals surface area contributed by atoms with Crippen molar-refractivity contribution in [1.29, 1.82) is 0 Å². The number of aromatic amines is 1. The molecule has 0 radical (unpaired) electrons. The normalized spacial score (nSPS) is 21.8. The summed E-state index contributed by atoms with van der Waals surface area (Å²) < 4.78 is 0. The van der Waals surface area contributed by atoms with Gasteiger partial charge in [0.2, 0.25) is 5.65 Å². The number of nitrogens with one attached hydrogen (secondary N) is 1. The highest BCUT2D eigenvalue weighted by Crippen LogP contribution is 2.52. The first-order valence-corrected chi connectivity index (χ1v) is 9.01. The molecule has 3 aromatic rings.